The zero-order valence-corrected chi connectivity index (χ0v) is 18.8. The predicted octanol–water partition coefficient (Wildman–Crippen LogP) is 6.40. The van der Waals surface area contributed by atoms with Gasteiger partial charge >= 0.3 is 0 Å². The summed E-state index contributed by atoms with van der Waals surface area (Å²) in [6.07, 6.45) is 0. The normalized spacial score (nSPS) is 11.6. The van der Waals surface area contributed by atoms with E-state index in [2.05, 4.69) is 15.5 Å². The lowest BCUT2D eigenvalue weighted by molar-refractivity contribution is 0.0991. The molecule has 0 atom stereocenters. The van der Waals surface area contributed by atoms with Gasteiger partial charge in [-0.05, 0) is 73.5 Å². The van der Waals surface area contributed by atoms with Gasteiger partial charge in [-0.1, -0.05) is 36.4 Å². The highest BCUT2D eigenvalue weighted by atomic mass is 32.2. The van der Waals surface area contributed by atoms with Crippen LogP contribution in [0.3, 0.4) is 0 Å². The van der Waals surface area contributed by atoms with Gasteiger partial charge in [0.2, 0.25) is 14.9 Å². The number of rotatable bonds is 6. The molecule has 0 saturated carbocycles. The van der Waals surface area contributed by atoms with E-state index >= 15 is 0 Å². The maximum atomic E-state index is 12.7. The molecule has 0 saturated heterocycles. The van der Waals surface area contributed by atoms with Gasteiger partial charge in [-0.3, -0.25) is 4.79 Å². The molecular weight excluding hydrogens is 438 g/mol. The number of azo groups is 1. The fourth-order valence-electron chi connectivity index (χ4n) is 3.12. The number of amides is 1. The van der Waals surface area contributed by atoms with Crippen molar-refractivity contribution >= 4 is 32.8 Å². The van der Waals surface area contributed by atoms with Crippen molar-refractivity contribution in [2.45, 2.75) is 23.8 Å². The van der Waals surface area contributed by atoms with Crippen LogP contribution in [0.4, 0.5) is 17.1 Å². The second kappa shape index (κ2) is 9.22. The molecule has 0 unspecified atom stereocenters. The average molecular weight is 460 g/mol. The largest absolute Gasteiger partial charge is 0.439 e. The van der Waals surface area contributed by atoms with Gasteiger partial charge in [0.1, 0.15) is 0 Å². The first-order valence-corrected chi connectivity index (χ1v) is 11.6. The van der Waals surface area contributed by atoms with Crippen molar-refractivity contribution in [3.8, 4) is 0 Å². The summed E-state index contributed by atoms with van der Waals surface area (Å²) in [6, 6.07) is 23.4. The Morgan fingerprint density at radius 1 is 0.818 bits per heavy atom. The lowest BCUT2D eigenvalue weighted by Crippen LogP contribution is -2.11. The fourth-order valence-corrected chi connectivity index (χ4v) is 4.32. The molecule has 0 aliphatic heterocycles. The van der Waals surface area contributed by atoms with Crippen molar-refractivity contribution < 1.29 is 17.6 Å². The highest BCUT2D eigenvalue weighted by Crippen LogP contribution is 2.27. The second-order valence-corrected chi connectivity index (χ2v) is 9.26. The zero-order valence-electron chi connectivity index (χ0n) is 18.0. The van der Waals surface area contributed by atoms with Crippen LogP contribution in [-0.2, 0) is 9.84 Å². The Balaban J connectivity index is 1.49. The first-order valence-electron chi connectivity index (χ1n) is 10.1. The summed E-state index contributed by atoms with van der Waals surface area (Å²) in [5.74, 6) is -0.658. The van der Waals surface area contributed by atoms with Gasteiger partial charge in [0.15, 0.2) is 5.76 Å². The van der Waals surface area contributed by atoms with Gasteiger partial charge in [-0.25, -0.2) is 8.42 Å². The third-order valence-corrected chi connectivity index (χ3v) is 6.61. The monoisotopic (exact) mass is 459 g/mol. The number of hydrogen-bond donors (Lipinski definition) is 1. The number of carbonyl (C=O) groups is 1. The number of carbonyl (C=O) groups excluding carboxylic acids is 1. The van der Waals surface area contributed by atoms with Crippen LogP contribution in [0.1, 0.15) is 21.7 Å². The Bertz CT molecular complexity index is 1440. The minimum atomic E-state index is -3.84. The molecule has 7 nitrogen and oxygen atoms in total. The SMILES string of the molecule is Cc1ccccc1N=Nc1ccc(NC(=O)c2ccc(S(=O)(=O)c3ccccc3)o2)c(C)c1. The van der Waals surface area contributed by atoms with E-state index in [1.807, 2.05) is 38.1 Å². The van der Waals surface area contributed by atoms with Crippen LogP contribution >= 0.6 is 0 Å². The van der Waals surface area contributed by atoms with Crippen molar-refractivity contribution in [2.24, 2.45) is 10.2 Å². The molecule has 4 aromatic rings. The minimum absolute atomic E-state index is 0.0950. The zero-order chi connectivity index (χ0) is 23.4. The van der Waals surface area contributed by atoms with Crippen LogP contribution in [0.5, 0.6) is 0 Å². The molecule has 1 amide bonds. The quantitative estimate of drug-likeness (QED) is 0.337. The van der Waals surface area contributed by atoms with E-state index in [-0.39, 0.29) is 15.7 Å². The van der Waals surface area contributed by atoms with Crippen LogP contribution in [0.25, 0.3) is 0 Å². The van der Waals surface area contributed by atoms with Crippen LogP contribution in [-0.4, -0.2) is 14.3 Å². The first-order chi connectivity index (χ1) is 15.8. The minimum Gasteiger partial charge on any atom is -0.439 e. The lowest BCUT2D eigenvalue weighted by Gasteiger charge is -2.07. The summed E-state index contributed by atoms with van der Waals surface area (Å²) >= 11 is 0. The van der Waals surface area contributed by atoms with E-state index in [0.717, 1.165) is 16.8 Å². The Kier molecular flexibility index (Phi) is 6.19. The van der Waals surface area contributed by atoms with E-state index in [4.69, 9.17) is 4.42 Å². The van der Waals surface area contributed by atoms with Crippen molar-refractivity contribution in [1.29, 1.82) is 0 Å². The Hall–Kier alpha value is -4.04. The second-order valence-electron chi connectivity index (χ2n) is 7.38. The van der Waals surface area contributed by atoms with E-state index in [0.29, 0.717) is 11.4 Å². The van der Waals surface area contributed by atoms with Crippen LogP contribution in [0.2, 0.25) is 0 Å². The maximum absolute atomic E-state index is 12.7. The molecule has 33 heavy (non-hydrogen) atoms. The van der Waals surface area contributed by atoms with E-state index in [9.17, 15) is 13.2 Å². The molecule has 8 heteroatoms. The molecule has 0 aliphatic carbocycles. The number of aryl methyl sites for hydroxylation is 2. The van der Waals surface area contributed by atoms with Crippen molar-refractivity contribution in [1.82, 2.24) is 0 Å². The van der Waals surface area contributed by atoms with Crippen LogP contribution in [0, 0.1) is 13.8 Å². The maximum Gasteiger partial charge on any atom is 0.291 e. The summed E-state index contributed by atoms with van der Waals surface area (Å²) < 4.78 is 30.7. The Labute approximate surface area is 191 Å². The first kappa shape index (κ1) is 22.2. The summed E-state index contributed by atoms with van der Waals surface area (Å²) in [6.45, 7) is 3.79. The van der Waals surface area contributed by atoms with Gasteiger partial charge < -0.3 is 9.73 Å². The fraction of sp³-hybridized carbons (Fsp3) is 0.0800. The highest BCUT2D eigenvalue weighted by Gasteiger charge is 2.23. The highest BCUT2D eigenvalue weighted by molar-refractivity contribution is 7.91. The van der Waals surface area contributed by atoms with Gasteiger partial charge in [0, 0.05) is 5.69 Å². The number of furan rings is 1. The predicted molar refractivity (Wildman–Crippen MR) is 125 cm³/mol. The number of nitrogens with zero attached hydrogens (tertiary/aromatic N) is 2. The van der Waals surface area contributed by atoms with Crippen molar-refractivity contribution in [3.05, 3.63) is 102 Å². The number of hydrogen-bond acceptors (Lipinski definition) is 6. The molecule has 0 spiro atoms. The van der Waals surface area contributed by atoms with Gasteiger partial charge in [0.25, 0.3) is 5.91 Å². The number of nitrogens with one attached hydrogen (secondary N) is 1. The lowest BCUT2D eigenvalue weighted by atomic mass is 10.2. The Morgan fingerprint density at radius 2 is 1.55 bits per heavy atom. The molecule has 4 rings (SSSR count). The summed E-state index contributed by atoms with van der Waals surface area (Å²) in [4.78, 5) is 12.7. The summed E-state index contributed by atoms with van der Waals surface area (Å²) in [5, 5.41) is 11.0. The Morgan fingerprint density at radius 3 is 2.27 bits per heavy atom. The third kappa shape index (κ3) is 4.91. The smallest absolute Gasteiger partial charge is 0.291 e. The summed E-state index contributed by atoms with van der Waals surface area (Å²) in [7, 11) is -3.84. The van der Waals surface area contributed by atoms with E-state index < -0.39 is 15.7 Å². The molecule has 3 aromatic carbocycles. The van der Waals surface area contributed by atoms with Crippen molar-refractivity contribution in [3.63, 3.8) is 0 Å². The number of sulfone groups is 1. The molecule has 0 radical (unpaired) electrons. The summed E-state index contributed by atoms with van der Waals surface area (Å²) in [5.41, 5.74) is 3.77. The molecule has 1 N–H and O–H groups in total. The molecule has 1 heterocycles. The molecule has 166 valence electrons. The van der Waals surface area contributed by atoms with Gasteiger partial charge in [-0.15, -0.1) is 0 Å². The van der Waals surface area contributed by atoms with Gasteiger partial charge in [-0.2, -0.15) is 10.2 Å². The average Bonchev–Trinajstić information content (AvgIpc) is 3.32. The number of anilines is 1. The topological polar surface area (TPSA) is 101 Å². The van der Waals surface area contributed by atoms with E-state index in [1.54, 1.807) is 36.4 Å². The van der Waals surface area contributed by atoms with Crippen LogP contribution in [0.15, 0.2) is 110 Å². The van der Waals surface area contributed by atoms with Crippen LogP contribution < -0.4 is 5.32 Å². The molecule has 1 aromatic heterocycles. The molecule has 0 bridgehead atoms. The molecule has 0 fully saturated rings. The van der Waals surface area contributed by atoms with E-state index in [1.165, 1.54) is 24.3 Å². The molecular formula is C25H21N3O4S. The number of benzene rings is 3. The van der Waals surface area contributed by atoms with Gasteiger partial charge in [0.05, 0.1) is 16.3 Å². The third-order valence-electron chi connectivity index (χ3n) is 4.97. The van der Waals surface area contributed by atoms with Crippen molar-refractivity contribution in [2.75, 3.05) is 5.32 Å². The standard InChI is InChI=1S/C25H21N3O4S/c1-17-8-6-7-11-22(17)28-27-19-12-13-21(18(2)16-19)26-25(29)23-14-15-24(32-23)33(30,31)20-9-4-3-5-10-20/h3-16H,1-2H3,(H,26,29). The molecule has 0 aliphatic rings.